The third-order valence-electron chi connectivity index (χ3n) is 11.3. The van der Waals surface area contributed by atoms with Crippen molar-refractivity contribution in [3.63, 3.8) is 0 Å². The van der Waals surface area contributed by atoms with Gasteiger partial charge in [-0.15, -0.1) is 0 Å². The second-order valence-corrected chi connectivity index (χ2v) is 16.7. The van der Waals surface area contributed by atoms with Crippen LogP contribution in [0.1, 0.15) is 233 Å². The van der Waals surface area contributed by atoms with Crippen LogP contribution in [0, 0.1) is 53.4 Å². The van der Waals surface area contributed by atoms with Crippen molar-refractivity contribution in [2.75, 3.05) is 0 Å². The number of benzene rings is 2. The Morgan fingerprint density at radius 2 is 0.845 bits per heavy atom. The standard InChI is InChI=1S/C47H70N2.2C4H9.Ni/c1-8-11-14-15-16-17-18-19-20-21-22-23-24-25-28-29-41-36-46(42-32-37(4)44(38(5)33-42)30-26-12-9-2)49(48)47(41)43-34-39(6)45(40(7)35-43)31-27-13-10-3;2*1-3-4-2;/h32-36H,8-27,30-31H2,1-7H3;2*1,3-4H2,2H3;/q;2*-1;+2. The molecule has 1 aliphatic heterocycles. The summed E-state index contributed by atoms with van der Waals surface area (Å²) in [5.41, 5.74) is 24.7. The first-order chi connectivity index (χ1) is 27.6. The predicted molar refractivity (Wildman–Crippen MR) is 255 cm³/mol. The summed E-state index contributed by atoms with van der Waals surface area (Å²) in [4.78, 5) is 0. The quantitative estimate of drug-likeness (QED) is 0.0313. The Kier molecular flexibility index (Phi) is 33.9. The number of hydrogen-bond donors (Lipinski definition) is 0. The SMILES string of the molecule is CCCCCCCCCCCCCCCC#CC1=C(c2cc(C)c(CCCCC)c(C)c2)[N+](=[N-])C(c2cc(C)c(CCCCC)c(C)c2)=C1.[CH2-]CCC.[CH2-]CCC.[Ni+2]. The van der Waals surface area contributed by atoms with Gasteiger partial charge in [-0.2, -0.15) is 12.8 Å². The van der Waals surface area contributed by atoms with Crippen molar-refractivity contribution in [1.29, 1.82) is 0 Å². The van der Waals surface area contributed by atoms with Gasteiger partial charge in [-0.3, -0.25) is 0 Å². The summed E-state index contributed by atoms with van der Waals surface area (Å²) in [7, 11) is 0. The van der Waals surface area contributed by atoms with Crippen LogP contribution in [0.5, 0.6) is 0 Å². The van der Waals surface area contributed by atoms with Gasteiger partial charge in [0, 0.05) is 23.6 Å². The van der Waals surface area contributed by atoms with Gasteiger partial charge < -0.3 is 19.4 Å². The fourth-order valence-electron chi connectivity index (χ4n) is 7.63. The summed E-state index contributed by atoms with van der Waals surface area (Å²) in [5.74, 6) is 7.03. The molecule has 2 nitrogen and oxygen atoms in total. The topological polar surface area (TPSA) is 25.3 Å². The van der Waals surface area contributed by atoms with Crippen LogP contribution in [0.25, 0.3) is 16.9 Å². The minimum Gasteiger partial charge on any atom is -0.493 e. The summed E-state index contributed by atoms with van der Waals surface area (Å²) in [6.45, 7) is 27.2. The van der Waals surface area contributed by atoms with E-state index >= 15 is 0 Å². The molecule has 0 unspecified atom stereocenters. The van der Waals surface area contributed by atoms with Crippen LogP contribution in [-0.4, -0.2) is 4.70 Å². The van der Waals surface area contributed by atoms with Crippen LogP contribution in [0.2, 0.25) is 0 Å². The molecule has 0 radical (unpaired) electrons. The first-order valence-electron chi connectivity index (χ1n) is 23.9. The monoisotopic (exact) mass is 835 g/mol. The minimum absolute atomic E-state index is 0. The van der Waals surface area contributed by atoms with Gasteiger partial charge >= 0.3 is 16.5 Å². The van der Waals surface area contributed by atoms with Crippen molar-refractivity contribution < 1.29 is 21.2 Å². The summed E-state index contributed by atoms with van der Waals surface area (Å²) in [5, 5.41) is 0. The van der Waals surface area contributed by atoms with E-state index in [-0.39, 0.29) is 16.5 Å². The second-order valence-electron chi connectivity index (χ2n) is 16.7. The fourth-order valence-corrected chi connectivity index (χ4v) is 7.63. The van der Waals surface area contributed by atoms with Crippen LogP contribution in [0.4, 0.5) is 0 Å². The third kappa shape index (κ3) is 21.7. The molecule has 0 saturated heterocycles. The van der Waals surface area contributed by atoms with Crippen molar-refractivity contribution in [1.82, 2.24) is 0 Å². The van der Waals surface area contributed by atoms with E-state index in [1.165, 1.54) is 166 Å². The summed E-state index contributed by atoms with van der Waals surface area (Å²) >= 11 is 0. The van der Waals surface area contributed by atoms with Crippen LogP contribution in [0.15, 0.2) is 35.9 Å². The zero-order valence-electron chi connectivity index (χ0n) is 39.4. The van der Waals surface area contributed by atoms with Gasteiger partial charge in [0.05, 0.1) is 0 Å². The first-order valence-corrected chi connectivity index (χ1v) is 23.9. The Hall–Kier alpha value is -2.43. The number of nitrogens with zero attached hydrogens (tertiary/aromatic N) is 2. The number of hydrogen-bond acceptors (Lipinski definition) is 0. The molecule has 1 heterocycles. The van der Waals surface area contributed by atoms with Gasteiger partial charge in [-0.05, 0) is 117 Å². The maximum absolute atomic E-state index is 11.8. The molecule has 0 aliphatic carbocycles. The molecule has 0 aromatic heterocycles. The Morgan fingerprint density at radius 1 is 0.500 bits per heavy atom. The molecule has 328 valence electrons. The fraction of sp³-hybridized carbons (Fsp3) is 0.636. The van der Waals surface area contributed by atoms with E-state index < -0.39 is 0 Å². The molecule has 3 rings (SSSR count). The molecule has 0 fully saturated rings. The molecule has 0 saturated carbocycles. The molecule has 0 N–H and O–H groups in total. The van der Waals surface area contributed by atoms with E-state index in [1.807, 2.05) is 0 Å². The van der Waals surface area contributed by atoms with E-state index in [0.29, 0.717) is 0 Å². The Balaban J connectivity index is 0.00000329. The zero-order valence-corrected chi connectivity index (χ0v) is 40.4. The molecule has 0 spiro atoms. The van der Waals surface area contributed by atoms with Crippen molar-refractivity contribution in [3.8, 4) is 11.8 Å². The van der Waals surface area contributed by atoms with Crippen molar-refractivity contribution in [3.05, 3.63) is 99.8 Å². The summed E-state index contributed by atoms with van der Waals surface area (Å²) in [6.07, 6.45) is 35.0. The average Bonchev–Trinajstić information content (AvgIpc) is 3.53. The van der Waals surface area contributed by atoms with E-state index in [0.717, 1.165) is 66.6 Å². The van der Waals surface area contributed by atoms with Gasteiger partial charge in [0.1, 0.15) is 5.57 Å². The molecule has 0 atom stereocenters. The maximum Gasteiger partial charge on any atom is 2.00 e. The number of unbranched alkanes of at least 4 members (excludes halogenated alkanes) is 19. The average molecular weight is 836 g/mol. The number of aryl methyl sites for hydroxylation is 4. The van der Waals surface area contributed by atoms with Gasteiger partial charge in [0.15, 0.2) is 0 Å². The van der Waals surface area contributed by atoms with Crippen LogP contribution in [0.3, 0.4) is 0 Å². The van der Waals surface area contributed by atoms with E-state index in [2.05, 4.69) is 118 Å². The normalized spacial score (nSPS) is 11.9. The van der Waals surface area contributed by atoms with Gasteiger partial charge in [-0.1, -0.05) is 162 Å². The molecule has 0 bridgehead atoms. The van der Waals surface area contributed by atoms with E-state index in [4.69, 9.17) is 0 Å². The minimum atomic E-state index is 0. The Labute approximate surface area is 371 Å². The third-order valence-corrected chi connectivity index (χ3v) is 11.3. The Bertz CT molecular complexity index is 1480. The first kappa shape index (κ1) is 55.6. The van der Waals surface area contributed by atoms with Gasteiger partial charge in [0.2, 0.25) is 11.4 Å². The molecule has 2 aromatic rings. The number of allylic oxidation sites excluding steroid dienone is 2. The zero-order chi connectivity index (χ0) is 42.3. The van der Waals surface area contributed by atoms with Crippen LogP contribution in [-0.2, 0) is 29.3 Å². The van der Waals surface area contributed by atoms with Gasteiger partial charge in [-0.25, -0.2) is 4.70 Å². The van der Waals surface area contributed by atoms with Gasteiger partial charge in [0.25, 0.3) is 0 Å². The second kappa shape index (κ2) is 35.3. The van der Waals surface area contributed by atoms with Crippen molar-refractivity contribution in [2.45, 2.75) is 229 Å². The molecular weight excluding hydrogens is 747 g/mol. The van der Waals surface area contributed by atoms with Crippen LogP contribution < -0.4 is 0 Å². The van der Waals surface area contributed by atoms with E-state index in [1.54, 1.807) is 0 Å². The summed E-state index contributed by atoms with van der Waals surface area (Å²) < 4.78 is 1.42. The molecule has 3 heteroatoms. The largest absolute Gasteiger partial charge is 2.00 e. The maximum atomic E-state index is 11.8. The van der Waals surface area contributed by atoms with Crippen molar-refractivity contribution in [2.24, 2.45) is 0 Å². The van der Waals surface area contributed by atoms with Crippen LogP contribution >= 0.6 is 0 Å². The summed E-state index contributed by atoms with van der Waals surface area (Å²) in [6, 6.07) is 9.06. The smallest absolute Gasteiger partial charge is 0.493 e. The number of rotatable bonds is 25. The van der Waals surface area contributed by atoms with E-state index in [9.17, 15) is 5.53 Å². The molecule has 1 aliphatic rings. The molecule has 0 amide bonds. The Morgan fingerprint density at radius 3 is 1.22 bits per heavy atom. The molecular formula is C55H88N2Ni. The molecule has 58 heavy (non-hydrogen) atoms. The predicted octanol–water partition coefficient (Wildman–Crippen LogP) is 17.9. The molecule has 2 aromatic carbocycles. The van der Waals surface area contributed by atoms with Crippen molar-refractivity contribution >= 4 is 11.4 Å².